The SMILES string of the molecule is Cc1ccc(C=C(C(=O)Nc2ccccc2[N+](=O)[O-])C(=O)Nc2ccccc2[N+](=O)[O-])cc1. The first kappa shape index (κ1) is 22.8. The van der Waals surface area contributed by atoms with Gasteiger partial charge in [0.2, 0.25) is 0 Å². The van der Waals surface area contributed by atoms with Crippen molar-refractivity contribution in [2.45, 2.75) is 6.92 Å². The average molecular weight is 446 g/mol. The van der Waals surface area contributed by atoms with Crippen molar-refractivity contribution >= 4 is 40.6 Å². The van der Waals surface area contributed by atoms with E-state index >= 15 is 0 Å². The Morgan fingerprint density at radius 3 is 1.58 bits per heavy atom. The first-order valence-corrected chi connectivity index (χ1v) is 9.64. The summed E-state index contributed by atoms with van der Waals surface area (Å²) in [7, 11) is 0. The van der Waals surface area contributed by atoms with Gasteiger partial charge >= 0.3 is 0 Å². The normalized spacial score (nSPS) is 10.1. The number of aryl methyl sites for hydroxylation is 1. The quantitative estimate of drug-likeness (QED) is 0.180. The molecule has 33 heavy (non-hydrogen) atoms. The molecule has 0 aliphatic heterocycles. The van der Waals surface area contributed by atoms with Crippen molar-refractivity contribution in [1.82, 2.24) is 0 Å². The third-order valence-electron chi connectivity index (χ3n) is 4.58. The standard InChI is InChI=1S/C23H18N4O6/c1-15-10-12-16(13-11-15)14-17(22(28)24-18-6-2-4-8-20(18)26(30)31)23(29)25-19-7-3-5-9-21(19)27(32)33/h2-14H,1H3,(H,24,28)(H,25,29). The number of carbonyl (C=O) groups excluding carboxylic acids is 2. The molecule has 0 saturated carbocycles. The Kier molecular flexibility index (Phi) is 6.89. The Morgan fingerprint density at radius 1 is 0.727 bits per heavy atom. The largest absolute Gasteiger partial charge is 0.316 e. The van der Waals surface area contributed by atoms with Gasteiger partial charge in [-0.3, -0.25) is 29.8 Å². The van der Waals surface area contributed by atoms with E-state index in [0.717, 1.165) is 5.56 Å². The summed E-state index contributed by atoms with van der Waals surface area (Å²) in [6.07, 6.45) is 1.30. The number of nitro benzene ring substituents is 2. The summed E-state index contributed by atoms with van der Waals surface area (Å²) in [6, 6.07) is 17.9. The first-order chi connectivity index (χ1) is 15.8. The van der Waals surface area contributed by atoms with E-state index in [9.17, 15) is 29.8 Å². The number of carbonyl (C=O) groups is 2. The molecule has 3 aromatic carbocycles. The average Bonchev–Trinajstić information content (AvgIpc) is 2.79. The van der Waals surface area contributed by atoms with Crippen molar-refractivity contribution in [1.29, 1.82) is 0 Å². The predicted molar refractivity (Wildman–Crippen MR) is 123 cm³/mol. The summed E-state index contributed by atoms with van der Waals surface area (Å²) in [4.78, 5) is 47.2. The smallest absolute Gasteiger partial charge is 0.292 e. The molecule has 10 heteroatoms. The van der Waals surface area contributed by atoms with Gasteiger partial charge in [0.05, 0.1) is 9.85 Å². The Morgan fingerprint density at radius 2 is 1.15 bits per heavy atom. The molecule has 0 aliphatic carbocycles. The Labute approximate surface area is 187 Å². The van der Waals surface area contributed by atoms with Crippen molar-refractivity contribution in [2.75, 3.05) is 10.6 Å². The van der Waals surface area contributed by atoms with E-state index in [1.165, 1.54) is 54.6 Å². The van der Waals surface area contributed by atoms with E-state index in [-0.39, 0.29) is 22.7 Å². The van der Waals surface area contributed by atoms with Gasteiger partial charge in [0.25, 0.3) is 23.2 Å². The lowest BCUT2D eigenvalue weighted by molar-refractivity contribution is -0.384. The Hall–Kier alpha value is -4.86. The van der Waals surface area contributed by atoms with Crippen LogP contribution in [0.5, 0.6) is 0 Å². The highest BCUT2D eigenvalue weighted by Gasteiger charge is 2.24. The van der Waals surface area contributed by atoms with Gasteiger partial charge in [-0.15, -0.1) is 0 Å². The zero-order chi connectivity index (χ0) is 24.0. The summed E-state index contributed by atoms with van der Waals surface area (Å²) in [6.45, 7) is 1.87. The van der Waals surface area contributed by atoms with Crippen LogP contribution >= 0.6 is 0 Å². The molecular formula is C23H18N4O6. The zero-order valence-electron chi connectivity index (χ0n) is 17.3. The number of hydrogen-bond acceptors (Lipinski definition) is 6. The molecule has 3 aromatic rings. The maximum atomic E-state index is 13.0. The molecule has 3 rings (SSSR count). The van der Waals surface area contributed by atoms with Crippen LogP contribution in [0.4, 0.5) is 22.7 Å². The minimum atomic E-state index is -0.916. The fourth-order valence-corrected chi connectivity index (χ4v) is 2.92. The lowest BCUT2D eigenvalue weighted by Gasteiger charge is -2.11. The van der Waals surface area contributed by atoms with Crippen molar-refractivity contribution in [3.05, 3.63) is 110 Å². The van der Waals surface area contributed by atoms with Gasteiger partial charge < -0.3 is 10.6 Å². The number of nitrogens with one attached hydrogen (secondary N) is 2. The summed E-state index contributed by atoms with van der Waals surface area (Å²) in [5.41, 5.74) is 0.199. The second-order valence-corrected chi connectivity index (χ2v) is 6.93. The summed E-state index contributed by atoms with van der Waals surface area (Å²) in [5.74, 6) is -1.83. The molecular weight excluding hydrogens is 428 g/mol. The van der Waals surface area contributed by atoms with E-state index < -0.39 is 27.2 Å². The van der Waals surface area contributed by atoms with Crippen LogP contribution in [-0.4, -0.2) is 21.7 Å². The van der Waals surface area contributed by atoms with Crippen LogP contribution in [0.15, 0.2) is 78.4 Å². The van der Waals surface area contributed by atoms with Crippen molar-refractivity contribution in [3.63, 3.8) is 0 Å². The monoisotopic (exact) mass is 446 g/mol. The maximum absolute atomic E-state index is 13.0. The van der Waals surface area contributed by atoms with Crippen molar-refractivity contribution in [2.24, 2.45) is 0 Å². The third kappa shape index (κ3) is 5.64. The molecule has 2 N–H and O–H groups in total. The van der Waals surface area contributed by atoms with Crippen molar-refractivity contribution < 1.29 is 19.4 Å². The molecule has 10 nitrogen and oxygen atoms in total. The fraction of sp³-hybridized carbons (Fsp3) is 0.0435. The summed E-state index contributed by atoms with van der Waals surface area (Å²) >= 11 is 0. The van der Waals surface area contributed by atoms with Gasteiger partial charge in [0.15, 0.2) is 0 Å². The van der Waals surface area contributed by atoms with Crippen LogP contribution in [0.3, 0.4) is 0 Å². The maximum Gasteiger partial charge on any atom is 0.292 e. The number of hydrogen-bond donors (Lipinski definition) is 2. The van der Waals surface area contributed by atoms with Gasteiger partial charge in [0.1, 0.15) is 16.9 Å². The molecule has 0 unspecified atom stereocenters. The molecule has 0 atom stereocenters. The zero-order valence-corrected chi connectivity index (χ0v) is 17.3. The number of amides is 2. The fourth-order valence-electron chi connectivity index (χ4n) is 2.92. The Bertz CT molecular complexity index is 1190. The van der Waals surface area contributed by atoms with E-state index in [1.54, 1.807) is 24.3 Å². The van der Waals surface area contributed by atoms with Gasteiger partial charge in [-0.2, -0.15) is 0 Å². The molecule has 2 amide bonds. The van der Waals surface area contributed by atoms with Crippen LogP contribution in [0.1, 0.15) is 11.1 Å². The Balaban J connectivity index is 1.99. The highest BCUT2D eigenvalue weighted by Crippen LogP contribution is 2.26. The number of para-hydroxylation sites is 4. The lowest BCUT2D eigenvalue weighted by atomic mass is 10.1. The number of nitrogens with zero attached hydrogens (tertiary/aromatic N) is 2. The van der Waals surface area contributed by atoms with E-state index in [1.807, 2.05) is 6.92 Å². The molecule has 0 bridgehead atoms. The number of anilines is 2. The molecule has 0 aliphatic rings. The van der Waals surface area contributed by atoms with Gasteiger partial charge in [-0.1, -0.05) is 54.1 Å². The highest BCUT2D eigenvalue weighted by atomic mass is 16.6. The van der Waals surface area contributed by atoms with Gasteiger partial charge in [-0.25, -0.2) is 0 Å². The van der Waals surface area contributed by atoms with E-state index in [0.29, 0.717) is 5.56 Å². The predicted octanol–water partition coefficient (Wildman–Crippen LogP) is 4.47. The third-order valence-corrected chi connectivity index (χ3v) is 4.58. The van der Waals surface area contributed by atoms with E-state index in [4.69, 9.17) is 0 Å². The van der Waals surface area contributed by atoms with E-state index in [2.05, 4.69) is 10.6 Å². The number of rotatable bonds is 7. The number of benzene rings is 3. The second-order valence-electron chi connectivity index (χ2n) is 6.93. The molecule has 0 aromatic heterocycles. The number of nitro groups is 2. The minimum Gasteiger partial charge on any atom is -0.316 e. The minimum absolute atomic E-state index is 0.0965. The molecule has 166 valence electrons. The first-order valence-electron chi connectivity index (χ1n) is 9.64. The van der Waals surface area contributed by atoms with Crippen LogP contribution < -0.4 is 10.6 Å². The van der Waals surface area contributed by atoms with Crippen LogP contribution in [0.2, 0.25) is 0 Å². The topological polar surface area (TPSA) is 144 Å². The summed E-state index contributed by atoms with van der Waals surface area (Å²) < 4.78 is 0. The van der Waals surface area contributed by atoms with Crippen LogP contribution in [0, 0.1) is 27.2 Å². The lowest BCUT2D eigenvalue weighted by Crippen LogP contribution is -2.26. The molecule has 0 saturated heterocycles. The molecule has 0 radical (unpaired) electrons. The molecule has 0 heterocycles. The highest BCUT2D eigenvalue weighted by molar-refractivity contribution is 6.29. The molecule has 0 fully saturated rings. The summed E-state index contributed by atoms with van der Waals surface area (Å²) in [5, 5.41) is 27.3. The molecule has 0 spiro atoms. The van der Waals surface area contributed by atoms with Gasteiger partial charge in [-0.05, 0) is 30.7 Å². The van der Waals surface area contributed by atoms with Crippen molar-refractivity contribution in [3.8, 4) is 0 Å². The van der Waals surface area contributed by atoms with Crippen LogP contribution in [0.25, 0.3) is 6.08 Å². The second kappa shape index (κ2) is 9.96. The van der Waals surface area contributed by atoms with Gasteiger partial charge in [0, 0.05) is 12.1 Å². The van der Waals surface area contributed by atoms with Crippen LogP contribution in [-0.2, 0) is 9.59 Å².